The number of halogens is 1. The summed E-state index contributed by atoms with van der Waals surface area (Å²) in [7, 11) is 8.12. The van der Waals surface area contributed by atoms with E-state index in [1.165, 1.54) is 5.56 Å². The average molecular weight is 411 g/mol. The third-order valence-corrected chi connectivity index (χ3v) is 5.62. The van der Waals surface area contributed by atoms with Crippen molar-refractivity contribution in [3.8, 4) is 5.75 Å². The van der Waals surface area contributed by atoms with E-state index in [1.807, 2.05) is 24.4 Å². The zero-order chi connectivity index (χ0) is 20.5. The standard InChI is InChI=1S/C23H27ClN4O/c1-27(2)8-5-9-28(3)14-15-10-21-18(12-22(15)29-4)19-13-25-20-11-16(24)6-7-17(20)23(19)26-21/h6-7,10-13,26H,5,8-9,14H2,1-4H3. The molecule has 4 aromatic rings. The number of rotatable bonds is 7. The summed E-state index contributed by atoms with van der Waals surface area (Å²) in [5.74, 6) is 0.911. The van der Waals surface area contributed by atoms with Crippen molar-refractivity contribution in [2.24, 2.45) is 0 Å². The van der Waals surface area contributed by atoms with Crippen molar-refractivity contribution < 1.29 is 4.74 Å². The zero-order valence-corrected chi connectivity index (χ0v) is 18.2. The van der Waals surface area contributed by atoms with Gasteiger partial charge in [-0.3, -0.25) is 4.98 Å². The Morgan fingerprint density at radius 1 is 1.03 bits per heavy atom. The molecule has 0 saturated carbocycles. The van der Waals surface area contributed by atoms with E-state index in [9.17, 15) is 0 Å². The van der Waals surface area contributed by atoms with Crippen LogP contribution in [-0.4, -0.2) is 61.1 Å². The van der Waals surface area contributed by atoms with E-state index in [2.05, 4.69) is 53.0 Å². The van der Waals surface area contributed by atoms with E-state index < -0.39 is 0 Å². The molecule has 0 bridgehead atoms. The van der Waals surface area contributed by atoms with Gasteiger partial charge >= 0.3 is 0 Å². The van der Waals surface area contributed by atoms with Crippen molar-refractivity contribution in [2.75, 3.05) is 41.3 Å². The summed E-state index contributed by atoms with van der Waals surface area (Å²) in [6.45, 7) is 2.98. The number of benzene rings is 2. The quantitative estimate of drug-likeness (QED) is 0.470. The van der Waals surface area contributed by atoms with Gasteiger partial charge in [-0.25, -0.2) is 0 Å². The predicted molar refractivity (Wildman–Crippen MR) is 122 cm³/mol. The molecule has 0 amide bonds. The molecule has 152 valence electrons. The molecule has 0 spiro atoms. The number of ether oxygens (including phenoxy) is 1. The van der Waals surface area contributed by atoms with Crippen LogP contribution in [-0.2, 0) is 6.54 Å². The molecule has 0 saturated heterocycles. The highest BCUT2D eigenvalue weighted by Gasteiger charge is 2.14. The molecule has 0 fully saturated rings. The molecular weight excluding hydrogens is 384 g/mol. The molecule has 0 radical (unpaired) electrons. The summed E-state index contributed by atoms with van der Waals surface area (Å²) in [5, 5.41) is 3.99. The first kappa shape index (κ1) is 20.0. The Labute approximate surface area is 176 Å². The van der Waals surface area contributed by atoms with Crippen molar-refractivity contribution in [2.45, 2.75) is 13.0 Å². The van der Waals surface area contributed by atoms with Gasteiger partial charge in [-0.05, 0) is 71.0 Å². The van der Waals surface area contributed by atoms with Crippen LogP contribution >= 0.6 is 11.6 Å². The minimum absolute atomic E-state index is 0.696. The van der Waals surface area contributed by atoms with E-state index in [0.29, 0.717) is 5.02 Å². The van der Waals surface area contributed by atoms with Gasteiger partial charge in [0, 0.05) is 45.0 Å². The van der Waals surface area contributed by atoms with Gasteiger partial charge in [-0.2, -0.15) is 0 Å². The third kappa shape index (κ3) is 4.04. The highest BCUT2D eigenvalue weighted by molar-refractivity contribution is 6.31. The molecule has 5 nitrogen and oxygen atoms in total. The molecular formula is C23H27ClN4O. The van der Waals surface area contributed by atoms with Gasteiger partial charge in [0.2, 0.25) is 0 Å². The number of hydrogen-bond donors (Lipinski definition) is 1. The van der Waals surface area contributed by atoms with Crippen molar-refractivity contribution in [1.82, 2.24) is 19.8 Å². The molecule has 0 unspecified atom stereocenters. The van der Waals surface area contributed by atoms with Crippen LogP contribution in [0, 0.1) is 0 Å². The molecule has 0 aliphatic heterocycles. The highest BCUT2D eigenvalue weighted by Crippen LogP contribution is 2.35. The van der Waals surface area contributed by atoms with Crippen LogP contribution in [0.4, 0.5) is 0 Å². The lowest BCUT2D eigenvalue weighted by molar-refractivity contribution is 0.290. The molecule has 1 N–H and O–H groups in total. The molecule has 2 heterocycles. The van der Waals surface area contributed by atoms with Crippen LogP contribution in [0.5, 0.6) is 5.75 Å². The van der Waals surface area contributed by atoms with Gasteiger partial charge in [0.05, 0.1) is 18.1 Å². The summed E-state index contributed by atoms with van der Waals surface area (Å²) in [6, 6.07) is 10.2. The van der Waals surface area contributed by atoms with Gasteiger partial charge in [0.1, 0.15) is 5.75 Å². The van der Waals surface area contributed by atoms with Gasteiger partial charge in [-0.1, -0.05) is 11.6 Å². The summed E-state index contributed by atoms with van der Waals surface area (Å²) < 4.78 is 5.73. The van der Waals surface area contributed by atoms with Crippen LogP contribution in [0.1, 0.15) is 12.0 Å². The largest absolute Gasteiger partial charge is 0.496 e. The maximum Gasteiger partial charge on any atom is 0.124 e. The van der Waals surface area contributed by atoms with Gasteiger partial charge in [-0.15, -0.1) is 0 Å². The van der Waals surface area contributed by atoms with E-state index in [4.69, 9.17) is 16.3 Å². The van der Waals surface area contributed by atoms with E-state index in [1.54, 1.807) is 7.11 Å². The van der Waals surface area contributed by atoms with Crippen molar-refractivity contribution >= 4 is 44.3 Å². The number of pyridine rings is 1. The van der Waals surface area contributed by atoms with Crippen LogP contribution in [0.2, 0.25) is 5.02 Å². The molecule has 0 aliphatic rings. The lowest BCUT2D eigenvalue weighted by Crippen LogP contribution is -2.23. The van der Waals surface area contributed by atoms with Crippen LogP contribution < -0.4 is 4.74 Å². The first-order valence-corrected chi connectivity index (χ1v) is 10.2. The number of methoxy groups -OCH3 is 1. The van der Waals surface area contributed by atoms with Crippen molar-refractivity contribution in [3.05, 3.63) is 47.1 Å². The molecule has 0 atom stereocenters. The minimum atomic E-state index is 0.696. The monoisotopic (exact) mass is 410 g/mol. The number of nitrogens with zero attached hydrogens (tertiary/aromatic N) is 3. The lowest BCUT2D eigenvalue weighted by Gasteiger charge is -2.19. The molecule has 2 aromatic carbocycles. The Balaban J connectivity index is 1.73. The zero-order valence-electron chi connectivity index (χ0n) is 17.4. The second-order valence-corrected chi connectivity index (χ2v) is 8.37. The third-order valence-electron chi connectivity index (χ3n) is 5.39. The number of aromatic amines is 1. The van der Waals surface area contributed by atoms with Crippen molar-refractivity contribution in [1.29, 1.82) is 0 Å². The van der Waals surface area contributed by atoms with Crippen LogP contribution in [0.3, 0.4) is 0 Å². The topological polar surface area (TPSA) is 44.4 Å². The Morgan fingerprint density at radius 2 is 1.86 bits per heavy atom. The molecule has 6 heteroatoms. The van der Waals surface area contributed by atoms with E-state index >= 15 is 0 Å². The fourth-order valence-corrected chi connectivity index (χ4v) is 4.10. The summed E-state index contributed by atoms with van der Waals surface area (Å²) in [5.41, 5.74) is 4.26. The number of hydrogen-bond acceptors (Lipinski definition) is 4. The Morgan fingerprint density at radius 3 is 2.62 bits per heavy atom. The smallest absolute Gasteiger partial charge is 0.124 e. The molecule has 0 aliphatic carbocycles. The number of aromatic nitrogens is 2. The fraction of sp³-hybridized carbons (Fsp3) is 0.348. The Kier molecular flexibility index (Phi) is 5.63. The Hall–Kier alpha value is -2.34. The van der Waals surface area contributed by atoms with Crippen molar-refractivity contribution in [3.63, 3.8) is 0 Å². The molecule has 4 rings (SSSR count). The fourth-order valence-electron chi connectivity index (χ4n) is 3.93. The second-order valence-electron chi connectivity index (χ2n) is 7.94. The lowest BCUT2D eigenvalue weighted by atomic mass is 10.1. The van der Waals surface area contributed by atoms with Gasteiger partial charge in [0.25, 0.3) is 0 Å². The van der Waals surface area contributed by atoms with E-state index in [0.717, 1.165) is 64.5 Å². The molecule has 29 heavy (non-hydrogen) atoms. The average Bonchev–Trinajstić information content (AvgIpc) is 3.04. The van der Waals surface area contributed by atoms with E-state index in [-0.39, 0.29) is 0 Å². The predicted octanol–water partition coefficient (Wildman–Crippen LogP) is 4.91. The number of nitrogens with one attached hydrogen (secondary N) is 1. The first-order chi connectivity index (χ1) is 14.0. The highest BCUT2D eigenvalue weighted by atomic mass is 35.5. The van der Waals surface area contributed by atoms with Gasteiger partial charge < -0.3 is 19.5 Å². The number of H-pyrrole nitrogens is 1. The Bertz CT molecular complexity index is 1170. The molecule has 2 aromatic heterocycles. The maximum atomic E-state index is 6.14. The maximum absolute atomic E-state index is 6.14. The summed E-state index contributed by atoms with van der Waals surface area (Å²) in [6.07, 6.45) is 3.06. The second kappa shape index (κ2) is 8.19. The number of fused-ring (bicyclic) bond motifs is 5. The summed E-state index contributed by atoms with van der Waals surface area (Å²) in [4.78, 5) is 12.8. The van der Waals surface area contributed by atoms with Gasteiger partial charge in [0.15, 0.2) is 0 Å². The minimum Gasteiger partial charge on any atom is -0.496 e. The SMILES string of the molecule is COc1cc2c(cc1CN(C)CCCN(C)C)[nH]c1c3ccc(Cl)cc3ncc21. The summed E-state index contributed by atoms with van der Waals surface area (Å²) >= 11 is 6.14. The normalized spacial score (nSPS) is 12.1. The first-order valence-electron chi connectivity index (χ1n) is 9.86. The van der Waals surface area contributed by atoms with Crippen LogP contribution in [0.15, 0.2) is 36.5 Å². The van der Waals surface area contributed by atoms with Crippen LogP contribution in [0.25, 0.3) is 32.7 Å².